The first-order chi connectivity index (χ1) is 8.70. The zero-order valence-electron chi connectivity index (χ0n) is 10.2. The fourth-order valence-electron chi connectivity index (χ4n) is 1.96. The number of anilines is 1. The van der Waals surface area contributed by atoms with E-state index in [1.807, 2.05) is 24.3 Å². The lowest BCUT2D eigenvalue weighted by molar-refractivity contribution is -0.135. The zero-order chi connectivity index (χ0) is 13.0. The standard InChI is InChI=1S/C14H16N2O2/c1-2-3-8-14(18)16-9-11-6-4-5-7-12(11)15-13(17)10-16/h2,4-7H,1,3,8-10H2,(H,15,17). The van der Waals surface area contributed by atoms with Gasteiger partial charge in [-0.15, -0.1) is 6.58 Å². The molecule has 1 heterocycles. The highest BCUT2D eigenvalue weighted by molar-refractivity contribution is 5.96. The first-order valence-electron chi connectivity index (χ1n) is 5.97. The van der Waals surface area contributed by atoms with E-state index in [9.17, 15) is 9.59 Å². The van der Waals surface area contributed by atoms with Gasteiger partial charge in [0.15, 0.2) is 0 Å². The monoisotopic (exact) mass is 244 g/mol. The first kappa shape index (κ1) is 12.4. The second-order valence-electron chi connectivity index (χ2n) is 4.28. The van der Waals surface area contributed by atoms with Gasteiger partial charge in [0, 0.05) is 18.7 Å². The van der Waals surface area contributed by atoms with Crippen LogP contribution < -0.4 is 5.32 Å². The average Bonchev–Trinajstić information content (AvgIpc) is 2.53. The Morgan fingerprint density at radius 2 is 2.17 bits per heavy atom. The van der Waals surface area contributed by atoms with Crippen LogP contribution in [-0.4, -0.2) is 23.3 Å². The number of carbonyl (C=O) groups excluding carboxylic acids is 2. The summed E-state index contributed by atoms with van der Waals surface area (Å²) >= 11 is 0. The third kappa shape index (κ3) is 2.77. The molecular weight excluding hydrogens is 228 g/mol. The van der Waals surface area contributed by atoms with E-state index >= 15 is 0 Å². The van der Waals surface area contributed by atoms with Crippen LogP contribution in [0.5, 0.6) is 0 Å². The van der Waals surface area contributed by atoms with E-state index in [1.54, 1.807) is 11.0 Å². The molecule has 0 bridgehead atoms. The zero-order valence-corrected chi connectivity index (χ0v) is 10.2. The maximum absolute atomic E-state index is 12.0. The van der Waals surface area contributed by atoms with Crippen LogP contribution in [0.4, 0.5) is 5.69 Å². The Balaban J connectivity index is 2.17. The molecule has 4 heteroatoms. The molecule has 1 aliphatic rings. The Bertz CT molecular complexity index is 482. The van der Waals surface area contributed by atoms with Crippen LogP contribution in [0, 0.1) is 0 Å². The van der Waals surface area contributed by atoms with Gasteiger partial charge in [-0.25, -0.2) is 0 Å². The summed E-state index contributed by atoms with van der Waals surface area (Å²) in [6, 6.07) is 7.55. The average molecular weight is 244 g/mol. The molecule has 1 N–H and O–H groups in total. The third-order valence-electron chi connectivity index (χ3n) is 2.90. The van der Waals surface area contributed by atoms with Crippen LogP contribution in [0.15, 0.2) is 36.9 Å². The van der Waals surface area contributed by atoms with Gasteiger partial charge >= 0.3 is 0 Å². The van der Waals surface area contributed by atoms with Crippen LogP contribution in [0.3, 0.4) is 0 Å². The van der Waals surface area contributed by atoms with Gasteiger partial charge in [0.2, 0.25) is 11.8 Å². The molecule has 0 saturated carbocycles. The van der Waals surface area contributed by atoms with Crippen molar-refractivity contribution in [2.45, 2.75) is 19.4 Å². The van der Waals surface area contributed by atoms with Crippen molar-refractivity contribution in [3.05, 3.63) is 42.5 Å². The molecule has 1 aliphatic heterocycles. The van der Waals surface area contributed by atoms with Gasteiger partial charge in [0.25, 0.3) is 0 Å². The van der Waals surface area contributed by atoms with Crippen molar-refractivity contribution in [2.24, 2.45) is 0 Å². The normalized spacial score (nSPS) is 14.4. The van der Waals surface area contributed by atoms with Gasteiger partial charge in [0.1, 0.15) is 6.54 Å². The van der Waals surface area contributed by atoms with Crippen molar-refractivity contribution in [1.82, 2.24) is 4.90 Å². The summed E-state index contributed by atoms with van der Waals surface area (Å²) < 4.78 is 0. The fraction of sp³-hybridized carbons (Fsp3) is 0.286. The van der Waals surface area contributed by atoms with Gasteiger partial charge in [-0.3, -0.25) is 9.59 Å². The molecule has 0 radical (unpaired) electrons. The van der Waals surface area contributed by atoms with E-state index in [0.29, 0.717) is 19.4 Å². The Labute approximate surface area is 106 Å². The van der Waals surface area contributed by atoms with Gasteiger partial charge < -0.3 is 10.2 Å². The van der Waals surface area contributed by atoms with Crippen molar-refractivity contribution in [2.75, 3.05) is 11.9 Å². The molecule has 1 aromatic rings. The molecule has 18 heavy (non-hydrogen) atoms. The number of carbonyl (C=O) groups is 2. The topological polar surface area (TPSA) is 49.4 Å². The highest BCUT2D eigenvalue weighted by Gasteiger charge is 2.22. The number of para-hydroxylation sites is 1. The van der Waals surface area contributed by atoms with E-state index < -0.39 is 0 Å². The molecular formula is C14H16N2O2. The number of amides is 2. The molecule has 4 nitrogen and oxygen atoms in total. The van der Waals surface area contributed by atoms with Gasteiger partial charge in [-0.05, 0) is 18.1 Å². The van der Waals surface area contributed by atoms with E-state index in [1.165, 1.54) is 0 Å². The third-order valence-corrected chi connectivity index (χ3v) is 2.90. The molecule has 94 valence electrons. The smallest absolute Gasteiger partial charge is 0.244 e. The lowest BCUT2D eigenvalue weighted by atomic mass is 10.1. The first-order valence-corrected chi connectivity index (χ1v) is 5.97. The molecule has 2 amide bonds. The van der Waals surface area contributed by atoms with Crippen molar-refractivity contribution in [3.63, 3.8) is 0 Å². The molecule has 1 aromatic carbocycles. The number of hydrogen-bond acceptors (Lipinski definition) is 2. The number of rotatable bonds is 3. The van der Waals surface area contributed by atoms with Crippen LogP contribution in [0.1, 0.15) is 18.4 Å². The van der Waals surface area contributed by atoms with E-state index in [2.05, 4.69) is 11.9 Å². The van der Waals surface area contributed by atoms with E-state index in [-0.39, 0.29) is 18.4 Å². The molecule has 0 unspecified atom stereocenters. The lowest BCUT2D eigenvalue weighted by Gasteiger charge is -2.19. The number of nitrogens with zero attached hydrogens (tertiary/aromatic N) is 1. The summed E-state index contributed by atoms with van der Waals surface area (Å²) in [5, 5.41) is 2.81. The fourth-order valence-corrected chi connectivity index (χ4v) is 1.96. The minimum Gasteiger partial charge on any atom is -0.329 e. The van der Waals surface area contributed by atoms with Crippen molar-refractivity contribution >= 4 is 17.5 Å². The quantitative estimate of drug-likeness (QED) is 0.826. The van der Waals surface area contributed by atoms with Crippen molar-refractivity contribution in [3.8, 4) is 0 Å². The number of hydrogen-bond donors (Lipinski definition) is 1. The van der Waals surface area contributed by atoms with Gasteiger partial charge in [0.05, 0.1) is 0 Å². The second kappa shape index (κ2) is 5.49. The number of allylic oxidation sites excluding steroid dienone is 1. The largest absolute Gasteiger partial charge is 0.329 e. The van der Waals surface area contributed by atoms with E-state index in [0.717, 1.165) is 11.3 Å². The van der Waals surface area contributed by atoms with Crippen LogP contribution in [0.25, 0.3) is 0 Å². The van der Waals surface area contributed by atoms with Crippen LogP contribution >= 0.6 is 0 Å². The predicted octanol–water partition coefficient (Wildman–Crippen LogP) is 1.93. The number of fused-ring (bicyclic) bond motifs is 1. The predicted molar refractivity (Wildman–Crippen MR) is 69.9 cm³/mol. The van der Waals surface area contributed by atoms with Gasteiger partial charge in [-0.2, -0.15) is 0 Å². The summed E-state index contributed by atoms with van der Waals surface area (Å²) in [5.74, 6) is -0.159. The lowest BCUT2D eigenvalue weighted by Crippen LogP contribution is -2.35. The molecule has 0 aliphatic carbocycles. The summed E-state index contributed by atoms with van der Waals surface area (Å²) in [7, 11) is 0. The van der Waals surface area contributed by atoms with Gasteiger partial charge in [-0.1, -0.05) is 24.3 Å². The van der Waals surface area contributed by atoms with Crippen molar-refractivity contribution in [1.29, 1.82) is 0 Å². The van der Waals surface area contributed by atoms with Crippen molar-refractivity contribution < 1.29 is 9.59 Å². The maximum Gasteiger partial charge on any atom is 0.244 e. The molecule has 0 fully saturated rings. The summed E-state index contributed by atoms with van der Waals surface area (Å²) in [6.45, 7) is 4.19. The Morgan fingerprint density at radius 1 is 1.39 bits per heavy atom. The number of nitrogens with one attached hydrogen (secondary N) is 1. The molecule has 0 spiro atoms. The number of benzene rings is 1. The molecule has 0 atom stereocenters. The second-order valence-corrected chi connectivity index (χ2v) is 4.28. The molecule has 2 rings (SSSR count). The Kier molecular flexibility index (Phi) is 3.77. The maximum atomic E-state index is 12.0. The Hall–Kier alpha value is -2.10. The highest BCUT2D eigenvalue weighted by atomic mass is 16.2. The Morgan fingerprint density at radius 3 is 2.94 bits per heavy atom. The molecule has 0 saturated heterocycles. The molecule has 0 aromatic heterocycles. The summed E-state index contributed by atoms with van der Waals surface area (Å²) in [5.41, 5.74) is 1.76. The summed E-state index contributed by atoms with van der Waals surface area (Å²) in [4.78, 5) is 25.3. The van der Waals surface area contributed by atoms with Crippen LogP contribution in [-0.2, 0) is 16.1 Å². The highest BCUT2D eigenvalue weighted by Crippen LogP contribution is 2.20. The minimum atomic E-state index is -0.146. The van der Waals surface area contributed by atoms with Crippen LogP contribution in [0.2, 0.25) is 0 Å². The minimum absolute atomic E-state index is 0.0123. The van der Waals surface area contributed by atoms with E-state index in [4.69, 9.17) is 0 Å². The SMILES string of the molecule is C=CCCC(=O)N1CC(=O)Nc2ccccc2C1. The summed E-state index contributed by atoms with van der Waals surface area (Å²) in [6.07, 6.45) is 2.75.